The predicted octanol–water partition coefficient (Wildman–Crippen LogP) is 2.30. The summed E-state index contributed by atoms with van der Waals surface area (Å²) in [5, 5.41) is 0.681. The lowest BCUT2D eigenvalue weighted by molar-refractivity contribution is 0.259. The number of piperazine rings is 1. The van der Waals surface area contributed by atoms with E-state index in [1.807, 2.05) is 31.3 Å². The van der Waals surface area contributed by atoms with Crippen molar-refractivity contribution in [3.8, 4) is 0 Å². The third kappa shape index (κ3) is 3.35. The zero-order chi connectivity index (χ0) is 17.9. The minimum Gasteiger partial charge on any atom is -0.340 e. The van der Waals surface area contributed by atoms with E-state index in [0.717, 1.165) is 50.6 Å². The molecule has 3 aromatic rings. The van der Waals surface area contributed by atoms with Crippen LogP contribution in [-0.4, -0.2) is 47.2 Å². The van der Waals surface area contributed by atoms with Gasteiger partial charge in [-0.3, -0.25) is 14.3 Å². The van der Waals surface area contributed by atoms with Gasteiger partial charge in [-0.15, -0.1) is 0 Å². The first-order valence-electron chi connectivity index (χ1n) is 9.19. The van der Waals surface area contributed by atoms with Crippen LogP contribution in [0.25, 0.3) is 10.9 Å². The normalized spacial score (nSPS) is 15.5. The molecule has 26 heavy (non-hydrogen) atoms. The Kier molecular flexibility index (Phi) is 4.71. The van der Waals surface area contributed by atoms with Crippen molar-refractivity contribution in [3.63, 3.8) is 0 Å². The molecule has 0 saturated carbocycles. The van der Waals surface area contributed by atoms with Gasteiger partial charge in [-0.05, 0) is 24.1 Å². The van der Waals surface area contributed by atoms with Crippen LogP contribution in [0, 0.1) is 0 Å². The topological polar surface area (TPSA) is 41.4 Å². The molecule has 2 heterocycles. The average Bonchev–Trinajstić information content (AvgIpc) is 2.70. The molecular weight excluding hydrogens is 324 g/mol. The Hall–Kier alpha value is -2.66. The van der Waals surface area contributed by atoms with Gasteiger partial charge < -0.3 is 4.90 Å². The summed E-state index contributed by atoms with van der Waals surface area (Å²) in [6, 6.07) is 18.2. The Balaban J connectivity index is 1.44. The molecule has 0 atom stereocenters. The van der Waals surface area contributed by atoms with Crippen LogP contribution in [0.15, 0.2) is 59.4 Å². The Bertz CT molecular complexity index is 943. The summed E-state index contributed by atoms with van der Waals surface area (Å²) < 4.78 is 1.68. The molecule has 0 spiro atoms. The number of hydrogen-bond acceptors (Lipinski definition) is 4. The number of anilines is 1. The van der Waals surface area contributed by atoms with Crippen molar-refractivity contribution in [1.82, 2.24) is 14.5 Å². The van der Waals surface area contributed by atoms with Crippen LogP contribution in [0.3, 0.4) is 0 Å². The highest BCUT2D eigenvalue weighted by Gasteiger charge is 2.20. The van der Waals surface area contributed by atoms with Crippen LogP contribution in [0.5, 0.6) is 0 Å². The molecule has 4 rings (SSSR count). The molecule has 2 aromatic carbocycles. The Morgan fingerprint density at radius 2 is 1.62 bits per heavy atom. The number of benzene rings is 2. The SMILES string of the molecule is Cn1c(N2CCN(CCc3ccccc3)CC2)nc2ccccc2c1=O. The first kappa shape index (κ1) is 16.8. The van der Waals surface area contributed by atoms with Gasteiger partial charge in [-0.25, -0.2) is 4.98 Å². The number of para-hydroxylation sites is 1. The molecule has 5 nitrogen and oxygen atoms in total. The van der Waals surface area contributed by atoms with E-state index >= 15 is 0 Å². The monoisotopic (exact) mass is 348 g/mol. The minimum atomic E-state index is 0.0251. The summed E-state index contributed by atoms with van der Waals surface area (Å²) in [5.41, 5.74) is 2.18. The van der Waals surface area contributed by atoms with E-state index in [-0.39, 0.29) is 5.56 Å². The molecule has 1 aromatic heterocycles. The molecule has 5 heteroatoms. The Morgan fingerprint density at radius 1 is 0.923 bits per heavy atom. The first-order valence-corrected chi connectivity index (χ1v) is 9.19. The molecule has 0 unspecified atom stereocenters. The number of nitrogens with zero attached hydrogens (tertiary/aromatic N) is 4. The highest BCUT2D eigenvalue weighted by molar-refractivity contribution is 5.78. The predicted molar refractivity (Wildman–Crippen MR) is 106 cm³/mol. The second-order valence-electron chi connectivity index (χ2n) is 6.86. The van der Waals surface area contributed by atoms with Gasteiger partial charge in [0.1, 0.15) is 0 Å². The molecular formula is C21H24N4O. The van der Waals surface area contributed by atoms with Gasteiger partial charge in [0.25, 0.3) is 5.56 Å². The van der Waals surface area contributed by atoms with Crippen LogP contribution in [0.2, 0.25) is 0 Å². The summed E-state index contributed by atoms with van der Waals surface area (Å²) >= 11 is 0. The highest BCUT2D eigenvalue weighted by atomic mass is 16.1. The van der Waals surface area contributed by atoms with Crippen LogP contribution in [0.4, 0.5) is 5.95 Å². The fraction of sp³-hybridized carbons (Fsp3) is 0.333. The summed E-state index contributed by atoms with van der Waals surface area (Å²) in [6.07, 6.45) is 1.08. The van der Waals surface area contributed by atoms with Crippen LogP contribution in [-0.2, 0) is 13.5 Å². The quantitative estimate of drug-likeness (QED) is 0.725. The summed E-state index contributed by atoms with van der Waals surface area (Å²) in [5.74, 6) is 0.774. The average molecular weight is 348 g/mol. The lowest BCUT2D eigenvalue weighted by Crippen LogP contribution is -2.48. The number of rotatable bonds is 4. The molecule has 0 bridgehead atoms. The van der Waals surface area contributed by atoms with Crippen molar-refractivity contribution in [2.75, 3.05) is 37.6 Å². The van der Waals surface area contributed by atoms with Gasteiger partial charge in [0.05, 0.1) is 10.9 Å². The maximum atomic E-state index is 12.6. The molecule has 0 amide bonds. The first-order chi connectivity index (χ1) is 12.7. The number of aromatic nitrogens is 2. The number of fused-ring (bicyclic) bond motifs is 1. The van der Waals surface area contributed by atoms with Crippen LogP contribution >= 0.6 is 0 Å². The zero-order valence-corrected chi connectivity index (χ0v) is 15.1. The fourth-order valence-electron chi connectivity index (χ4n) is 3.59. The van der Waals surface area contributed by atoms with E-state index in [1.165, 1.54) is 5.56 Å². The molecule has 1 fully saturated rings. The standard InChI is InChI=1S/C21H24N4O/c1-23-20(26)18-9-5-6-10-19(18)22-21(23)25-15-13-24(14-16-25)12-11-17-7-3-2-4-8-17/h2-10H,11-16H2,1H3. The fourth-order valence-corrected chi connectivity index (χ4v) is 3.59. The van der Waals surface area contributed by atoms with Gasteiger partial charge >= 0.3 is 0 Å². The summed E-state index contributed by atoms with van der Waals surface area (Å²) in [6.45, 7) is 4.85. The Morgan fingerprint density at radius 3 is 2.38 bits per heavy atom. The summed E-state index contributed by atoms with van der Waals surface area (Å²) in [4.78, 5) is 22.1. The molecule has 0 aliphatic carbocycles. The van der Waals surface area contributed by atoms with Crippen molar-refractivity contribution in [2.45, 2.75) is 6.42 Å². The molecule has 1 aliphatic rings. The molecule has 1 saturated heterocycles. The van der Waals surface area contributed by atoms with Crippen molar-refractivity contribution in [2.24, 2.45) is 7.05 Å². The highest BCUT2D eigenvalue weighted by Crippen LogP contribution is 2.16. The lowest BCUT2D eigenvalue weighted by atomic mass is 10.1. The van der Waals surface area contributed by atoms with Gasteiger partial charge in [0.15, 0.2) is 0 Å². The van der Waals surface area contributed by atoms with Gasteiger partial charge in [0.2, 0.25) is 5.95 Å². The third-order valence-electron chi connectivity index (χ3n) is 5.17. The van der Waals surface area contributed by atoms with Crippen molar-refractivity contribution in [3.05, 3.63) is 70.5 Å². The van der Waals surface area contributed by atoms with E-state index in [1.54, 1.807) is 4.57 Å². The zero-order valence-electron chi connectivity index (χ0n) is 15.1. The number of hydrogen-bond donors (Lipinski definition) is 0. The van der Waals surface area contributed by atoms with Gasteiger partial charge in [0, 0.05) is 39.8 Å². The summed E-state index contributed by atoms with van der Waals surface area (Å²) in [7, 11) is 1.82. The van der Waals surface area contributed by atoms with Crippen LogP contribution < -0.4 is 10.5 Å². The maximum absolute atomic E-state index is 12.6. The second kappa shape index (κ2) is 7.30. The lowest BCUT2D eigenvalue weighted by Gasteiger charge is -2.35. The van der Waals surface area contributed by atoms with E-state index in [0.29, 0.717) is 5.39 Å². The molecule has 0 radical (unpaired) electrons. The van der Waals surface area contributed by atoms with Crippen molar-refractivity contribution in [1.29, 1.82) is 0 Å². The Labute approximate surface area is 153 Å². The van der Waals surface area contributed by atoms with E-state index in [2.05, 4.69) is 40.1 Å². The maximum Gasteiger partial charge on any atom is 0.262 e. The molecule has 0 N–H and O–H groups in total. The molecule has 134 valence electrons. The van der Waals surface area contributed by atoms with E-state index < -0.39 is 0 Å². The van der Waals surface area contributed by atoms with Crippen LogP contribution in [0.1, 0.15) is 5.56 Å². The third-order valence-corrected chi connectivity index (χ3v) is 5.17. The second-order valence-corrected chi connectivity index (χ2v) is 6.86. The van der Waals surface area contributed by atoms with E-state index in [9.17, 15) is 4.79 Å². The van der Waals surface area contributed by atoms with E-state index in [4.69, 9.17) is 4.98 Å². The van der Waals surface area contributed by atoms with Crippen molar-refractivity contribution < 1.29 is 0 Å². The minimum absolute atomic E-state index is 0.0251. The largest absolute Gasteiger partial charge is 0.340 e. The molecule has 1 aliphatic heterocycles. The van der Waals surface area contributed by atoms with Gasteiger partial charge in [-0.2, -0.15) is 0 Å². The smallest absolute Gasteiger partial charge is 0.262 e. The van der Waals surface area contributed by atoms with Gasteiger partial charge in [-0.1, -0.05) is 42.5 Å². The van der Waals surface area contributed by atoms with Crippen molar-refractivity contribution >= 4 is 16.9 Å².